The highest BCUT2D eigenvalue weighted by Crippen LogP contribution is 2.11. The van der Waals surface area contributed by atoms with Gasteiger partial charge in [-0.15, -0.1) is 0 Å². The van der Waals surface area contributed by atoms with E-state index in [0.29, 0.717) is 13.2 Å². The zero-order valence-corrected chi connectivity index (χ0v) is 15.7. The fourth-order valence-electron chi connectivity index (χ4n) is 2.50. The summed E-state index contributed by atoms with van der Waals surface area (Å²) in [7, 11) is 0. The minimum absolute atomic E-state index is 0.0296. The van der Waals surface area contributed by atoms with Gasteiger partial charge in [-0.3, -0.25) is 4.79 Å². The lowest BCUT2D eigenvalue weighted by Crippen LogP contribution is -2.30. The number of aliphatic hydroxyl groups excluding tert-OH is 1. The van der Waals surface area contributed by atoms with E-state index < -0.39 is 0 Å². The summed E-state index contributed by atoms with van der Waals surface area (Å²) in [6, 6.07) is 0. The number of hydrogen-bond acceptors (Lipinski definition) is 4. The maximum Gasteiger partial charge on any atom is 0.246 e. The molecule has 2 N–H and O–H groups in total. The van der Waals surface area contributed by atoms with Gasteiger partial charge in [-0.05, 0) is 6.42 Å². The summed E-state index contributed by atoms with van der Waals surface area (Å²) in [6.45, 7) is 4.26. The zero-order chi connectivity index (χ0) is 17.7. The molecule has 0 aromatic rings. The van der Waals surface area contributed by atoms with E-state index in [1.165, 1.54) is 64.2 Å². The Labute approximate surface area is 148 Å². The Morgan fingerprint density at radius 2 is 1.33 bits per heavy atom. The van der Waals surface area contributed by atoms with Crippen LogP contribution in [0.3, 0.4) is 0 Å². The molecule has 0 aliphatic rings. The van der Waals surface area contributed by atoms with E-state index in [4.69, 9.17) is 14.6 Å². The Hall–Kier alpha value is -0.650. The van der Waals surface area contributed by atoms with Gasteiger partial charge in [0.25, 0.3) is 0 Å². The number of aliphatic hydroxyl groups is 1. The van der Waals surface area contributed by atoms with Gasteiger partial charge in [-0.2, -0.15) is 0 Å². The summed E-state index contributed by atoms with van der Waals surface area (Å²) < 4.78 is 10.7. The van der Waals surface area contributed by atoms with Crippen LogP contribution in [0.1, 0.15) is 77.6 Å². The third-order valence-electron chi connectivity index (χ3n) is 3.93. The summed E-state index contributed by atoms with van der Waals surface area (Å²) in [5.74, 6) is -0.200. The molecular formula is C19H39NO4. The molecular weight excluding hydrogens is 306 g/mol. The third-order valence-corrected chi connectivity index (χ3v) is 3.93. The fourth-order valence-corrected chi connectivity index (χ4v) is 2.50. The lowest BCUT2D eigenvalue weighted by molar-refractivity contribution is -0.126. The monoisotopic (exact) mass is 345 g/mol. The average Bonchev–Trinajstić information content (AvgIpc) is 2.59. The number of ether oxygens (including phenoxy) is 2. The lowest BCUT2D eigenvalue weighted by atomic mass is 10.1. The van der Waals surface area contributed by atoms with Crippen molar-refractivity contribution in [3.05, 3.63) is 0 Å². The number of unbranched alkanes of at least 4 members (excludes halogenated alkanes) is 10. The minimum atomic E-state index is -0.200. The second kappa shape index (κ2) is 20.4. The van der Waals surface area contributed by atoms with Crippen LogP contribution in [-0.4, -0.2) is 50.6 Å². The largest absolute Gasteiger partial charge is 0.395 e. The van der Waals surface area contributed by atoms with Gasteiger partial charge in [0.05, 0.1) is 19.8 Å². The fraction of sp³-hybridized carbons (Fsp3) is 0.947. The van der Waals surface area contributed by atoms with Crippen molar-refractivity contribution in [2.75, 3.05) is 39.6 Å². The predicted molar refractivity (Wildman–Crippen MR) is 98.2 cm³/mol. The molecule has 5 heteroatoms. The van der Waals surface area contributed by atoms with Crippen molar-refractivity contribution in [1.82, 2.24) is 5.32 Å². The summed E-state index contributed by atoms with van der Waals surface area (Å²) in [5, 5.41) is 11.1. The predicted octanol–water partition coefficient (Wildman–Crippen LogP) is 3.44. The van der Waals surface area contributed by atoms with E-state index >= 15 is 0 Å². The smallest absolute Gasteiger partial charge is 0.246 e. The average molecular weight is 346 g/mol. The van der Waals surface area contributed by atoms with Crippen molar-refractivity contribution in [2.45, 2.75) is 77.6 Å². The van der Waals surface area contributed by atoms with E-state index in [1.807, 2.05) is 0 Å². The molecule has 0 saturated carbocycles. The standard InChI is InChI=1S/C19H39NO4/c1-2-3-4-5-6-7-8-9-10-11-12-15-23-16-17-24-18-19(22)20-13-14-21/h21H,2-18H2,1H3,(H,20,22). The Balaban J connectivity index is 3.04. The van der Waals surface area contributed by atoms with Crippen LogP contribution in [-0.2, 0) is 14.3 Å². The molecule has 0 radical (unpaired) electrons. The first-order valence-corrected chi connectivity index (χ1v) is 9.84. The third kappa shape index (κ3) is 19.4. The van der Waals surface area contributed by atoms with Crippen LogP contribution in [0.15, 0.2) is 0 Å². The topological polar surface area (TPSA) is 67.8 Å². The van der Waals surface area contributed by atoms with E-state index in [9.17, 15) is 4.79 Å². The maximum atomic E-state index is 11.2. The molecule has 0 heterocycles. The summed E-state index contributed by atoms with van der Waals surface area (Å²) in [6.07, 6.45) is 14.7. The van der Waals surface area contributed by atoms with Crippen molar-refractivity contribution in [2.24, 2.45) is 0 Å². The summed E-state index contributed by atoms with van der Waals surface area (Å²) in [5.41, 5.74) is 0. The molecule has 0 aromatic heterocycles. The molecule has 0 bridgehead atoms. The molecule has 5 nitrogen and oxygen atoms in total. The molecule has 0 aliphatic carbocycles. The molecule has 0 saturated heterocycles. The molecule has 0 fully saturated rings. The molecule has 0 atom stereocenters. The Kier molecular flexibility index (Phi) is 19.8. The molecule has 24 heavy (non-hydrogen) atoms. The van der Waals surface area contributed by atoms with Gasteiger partial charge in [-0.1, -0.05) is 71.1 Å². The molecule has 0 aromatic carbocycles. The number of amides is 1. The van der Waals surface area contributed by atoms with E-state index in [0.717, 1.165) is 13.0 Å². The van der Waals surface area contributed by atoms with E-state index in [2.05, 4.69) is 12.2 Å². The van der Waals surface area contributed by atoms with Gasteiger partial charge in [-0.25, -0.2) is 0 Å². The molecule has 0 rings (SSSR count). The minimum Gasteiger partial charge on any atom is -0.395 e. The van der Waals surface area contributed by atoms with Crippen molar-refractivity contribution >= 4 is 5.91 Å². The SMILES string of the molecule is CCCCCCCCCCCCCOCCOCC(=O)NCCO. The highest BCUT2D eigenvalue weighted by molar-refractivity contribution is 5.77. The van der Waals surface area contributed by atoms with Crippen molar-refractivity contribution in [3.8, 4) is 0 Å². The molecule has 1 amide bonds. The van der Waals surface area contributed by atoms with E-state index in [1.54, 1.807) is 0 Å². The maximum absolute atomic E-state index is 11.2. The summed E-state index contributed by atoms with van der Waals surface area (Å²) >= 11 is 0. The second-order valence-electron chi connectivity index (χ2n) is 6.27. The zero-order valence-electron chi connectivity index (χ0n) is 15.7. The van der Waals surface area contributed by atoms with Crippen LogP contribution >= 0.6 is 0 Å². The van der Waals surface area contributed by atoms with Crippen molar-refractivity contribution < 1.29 is 19.4 Å². The van der Waals surface area contributed by atoms with Gasteiger partial charge < -0.3 is 19.9 Å². The first-order valence-electron chi connectivity index (χ1n) is 9.84. The van der Waals surface area contributed by atoms with Gasteiger partial charge in [0.15, 0.2) is 0 Å². The van der Waals surface area contributed by atoms with Crippen LogP contribution < -0.4 is 5.32 Å². The Bertz CT molecular complexity index is 262. The molecule has 144 valence electrons. The normalized spacial score (nSPS) is 10.9. The first-order chi connectivity index (χ1) is 11.8. The molecule has 0 aliphatic heterocycles. The number of carbonyl (C=O) groups excluding carboxylic acids is 1. The van der Waals surface area contributed by atoms with Gasteiger partial charge in [0, 0.05) is 13.2 Å². The number of rotatable bonds is 19. The van der Waals surface area contributed by atoms with Crippen LogP contribution in [0.4, 0.5) is 0 Å². The lowest BCUT2D eigenvalue weighted by Gasteiger charge is -2.06. The van der Waals surface area contributed by atoms with Crippen LogP contribution in [0.25, 0.3) is 0 Å². The highest BCUT2D eigenvalue weighted by Gasteiger charge is 1.99. The van der Waals surface area contributed by atoms with Gasteiger partial charge in [0.1, 0.15) is 6.61 Å². The molecule has 0 unspecified atom stereocenters. The number of hydrogen-bond donors (Lipinski definition) is 2. The van der Waals surface area contributed by atoms with Crippen molar-refractivity contribution in [3.63, 3.8) is 0 Å². The second-order valence-corrected chi connectivity index (χ2v) is 6.27. The van der Waals surface area contributed by atoms with Crippen LogP contribution in [0, 0.1) is 0 Å². The molecule has 0 spiro atoms. The number of carbonyl (C=O) groups is 1. The van der Waals surface area contributed by atoms with Gasteiger partial charge >= 0.3 is 0 Å². The Morgan fingerprint density at radius 3 is 1.92 bits per heavy atom. The first kappa shape index (κ1) is 23.4. The van der Waals surface area contributed by atoms with Crippen LogP contribution in [0.5, 0.6) is 0 Å². The van der Waals surface area contributed by atoms with Gasteiger partial charge in [0.2, 0.25) is 5.91 Å². The quantitative estimate of drug-likeness (QED) is 0.352. The summed E-state index contributed by atoms with van der Waals surface area (Å²) in [4.78, 5) is 11.2. The van der Waals surface area contributed by atoms with Crippen LogP contribution in [0.2, 0.25) is 0 Å². The van der Waals surface area contributed by atoms with Crippen molar-refractivity contribution in [1.29, 1.82) is 0 Å². The van der Waals surface area contributed by atoms with E-state index in [-0.39, 0.29) is 25.7 Å². The highest BCUT2D eigenvalue weighted by atomic mass is 16.5. The Morgan fingerprint density at radius 1 is 0.792 bits per heavy atom. The number of nitrogens with one attached hydrogen (secondary N) is 1.